The first-order chi connectivity index (χ1) is 12.7. The largest absolute Gasteiger partial charge is 0.490 e. The molecule has 0 bridgehead atoms. The van der Waals surface area contributed by atoms with Crippen LogP contribution in [-0.2, 0) is 6.54 Å². The molecular weight excluding hydrogens is 351 g/mol. The van der Waals surface area contributed by atoms with Crippen LogP contribution >= 0.6 is 11.3 Å². The van der Waals surface area contributed by atoms with Crippen molar-refractivity contribution in [3.63, 3.8) is 0 Å². The predicted octanol–water partition coefficient (Wildman–Crippen LogP) is 4.71. The Morgan fingerprint density at radius 3 is 3.08 bits per heavy atom. The summed E-state index contributed by atoms with van der Waals surface area (Å²) in [6.07, 6.45) is 3.40. The highest BCUT2D eigenvalue weighted by molar-refractivity contribution is 7.16. The number of hydrogen-bond acceptors (Lipinski definition) is 4. The average Bonchev–Trinajstić information content (AvgIpc) is 3.13. The smallest absolute Gasteiger partial charge is 0.251 e. The Morgan fingerprint density at radius 2 is 2.23 bits per heavy atom. The van der Waals surface area contributed by atoms with Crippen LogP contribution in [0.3, 0.4) is 0 Å². The first-order valence-electron chi connectivity index (χ1n) is 8.31. The molecule has 0 unspecified atom stereocenters. The molecule has 134 valence electrons. The molecule has 0 fully saturated rings. The molecule has 0 atom stereocenters. The topological polar surface area (TPSA) is 51.2 Å². The van der Waals surface area contributed by atoms with Crippen molar-refractivity contribution in [1.29, 1.82) is 0 Å². The molecule has 0 saturated heterocycles. The van der Waals surface area contributed by atoms with E-state index in [0.29, 0.717) is 17.7 Å². The summed E-state index contributed by atoms with van der Waals surface area (Å²) in [6, 6.07) is 10.3. The number of fused-ring (bicyclic) bond motifs is 1. The second-order valence-electron chi connectivity index (χ2n) is 5.73. The van der Waals surface area contributed by atoms with Crippen LogP contribution in [0.5, 0.6) is 5.75 Å². The zero-order valence-electron chi connectivity index (χ0n) is 14.2. The fourth-order valence-electron chi connectivity index (χ4n) is 2.49. The number of halogens is 1. The van der Waals surface area contributed by atoms with Crippen molar-refractivity contribution in [3.05, 3.63) is 71.5 Å². The van der Waals surface area contributed by atoms with Crippen molar-refractivity contribution in [2.45, 2.75) is 19.4 Å². The number of nitrogens with zero attached hydrogens (tertiary/aromatic N) is 1. The number of amides is 1. The molecule has 1 heterocycles. The summed E-state index contributed by atoms with van der Waals surface area (Å²) in [4.78, 5) is 16.5. The van der Waals surface area contributed by atoms with E-state index in [0.717, 1.165) is 23.1 Å². The minimum Gasteiger partial charge on any atom is -0.490 e. The van der Waals surface area contributed by atoms with Gasteiger partial charge in [0.05, 0.1) is 22.3 Å². The zero-order valence-corrected chi connectivity index (χ0v) is 15.0. The molecule has 2 aromatic carbocycles. The van der Waals surface area contributed by atoms with Gasteiger partial charge in [-0.3, -0.25) is 4.79 Å². The lowest BCUT2D eigenvalue weighted by Gasteiger charge is -2.11. The molecule has 6 heteroatoms. The first kappa shape index (κ1) is 18.1. The van der Waals surface area contributed by atoms with Gasteiger partial charge in [-0.25, -0.2) is 9.37 Å². The fourth-order valence-corrected chi connectivity index (χ4v) is 3.20. The molecule has 0 aliphatic rings. The molecule has 1 N–H and O–H groups in total. The van der Waals surface area contributed by atoms with Crippen LogP contribution in [0.25, 0.3) is 10.2 Å². The van der Waals surface area contributed by atoms with Gasteiger partial charge in [-0.05, 0) is 37.1 Å². The Bertz CT molecular complexity index is 923. The third kappa shape index (κ3) is 4.26. The quantitative estimate of drug-likeness (QED) is 0.461. The maximum absolute atomic E-state index is 14.5. The maximum atomic E-state index is 14.5. The van der Waals surface area contributed by atoms with Gasteiger partial charge in [0.15, 0.2) is 11.6 Å². The Labute approximate surface area is 155 Å². The standard InChI is InChI=1S/C20H19FN2O2S/c1-2-3-4-10-25-17-7-5-6-15(19(17)21)12-22-20(24)14-8-9-16-18(11-14)26-13-23-16/h2,5-9,11,13H,1,3-4,10,12H2,(H,22,24). The number of hydrogen-bond donors (Lipinski definition) is 1. The van der Waals surface area contributed by atoms with E-state index in [9.17, 15) is 9.18 Å². The number of nitrogens with one attached hydrogen (secondary N) is 1. The van der Waals surface area contributed by atoms with Crippen molar-refractivity contribution in [3.8, 4) is 5.75 Å². The van der Waals surface area contributed by atoms with E-state index in [4.69, 9.17) is 4.74 Å². The lowest BCUT2D eigenvalue weighted by atomic mass is 10.1. The lowest BCUT2D eigenvalue weighted by Crippen LogP contribution is -2.23. The normalized spacial score (nSPS) is 10.7. The maximum Gasteiger partial charge on any atom is 0.251 e. The third-order valence-electron chi connectivity index (χ3n) is 3.89. The summed E-state index contributed by atoms with van der Waals surface area (Å²) in [6.45, 7) is 4.16. The van der Waals surface area contributed by atoms with Crippen LogP contribution in [0, 0.1) is 5.82 Å². The number of ether oxygens (including phenoxy) is 1. The van der Waals surface area contributed by atoms with E-state index in [1.54, 1.807) is 48.0 Å². The van der Waals surface area contributed by atoms with Gasteiger partial charge in [-0.1, -0.05) is 18.2 Å². The van der Waals surface area contributed by atoms with E-state index in [1.165, 1.54) is 11.3 Å². The minimum absolute atomic E-state index is 0.0925. The molecule has 26 heavy (non-hydrogen) atoms. The zero-order chi connectivity index (χ0) is 18.4. The molecule has 0 aliphatic heterocycles. The van der Waals surface area contributed by atoms with Gasteiger partial charge in [0.2, 0.25) is 0 Å². The van der Waals surface area contributed by atoms with Crippen LogP contribution in [0.2, 0.25) is 0 Å². The third-order valence-corrected chi connectivity index (χ3v) is 4.68. The van der Waals surface area contributed by atoms with E-state index in [2.05, 4.69) is 16.9 Å². The Kier molecular flexibility index (Phi) is 5.96. The van der Waals surface area contributed by atoms with Crippen molar-refractivity contribution in [2.24, 2.45) is 0 Å². The number of carbonyl (C=O) groups excluding carboxylic acids is 1. The van der Waals surface area contributed by atoms with Crippen molar-refractivity contribution in [2.75, 3.05) is 6.61 Å². The number of rotatable bonds is 8. The minimum atomic E-state index is -0.440. The molecule has 0 radical (unpaired) electrons. The highest BCUT2D eigenvalue weighted by Crippen LogP contribution is 2.22. The van der Waals surface area contributed by atoms with Crippen molar-refractivity contribution in [1.82, 2.24) is 10.3 Å². The summed E-state index contributed by atoms with van der Waals surface area (Å²) >= 11 is 1.47. The van der Waals surface area contributed by atoms with Crippen molar-refractivity contribution < 1.29 is 13.9 Å². The summed E-state index contributed by atoms with van der Waals surface area (Å²) in [7, 11) is 0. The summed E-state index contributed by atoms with van der Waals surface area (Å²) < 4.78 is 20.9. The van der Waals surface area contributed by atoms with Crippen LogP contribution in [0.4, 0.5) is 4.39 Å². The van der Waals surface area contributed by atoms with Crippen LogP contribution < -0.4 is 10.1 Å². The number of thiazole rings is 1. The van der Waals surface area contributed by atoms with E-state index in [-0.39, 0.29) is 18.2 Å². The van der Waals surface area contributed by atoms with Crippen LogP contribution in [0.15, 0.2) is 54.6 Å². The van der Waals surface area contributed by atoms with Crippen molar-refractivity contribution >= 4 is 27.5 Å². The second-order valence-corrected chi connectivity index (χ2v) is 6.61. The molecule has 0 saturated carbocycles. The summed E-state index contributed by atoms with van der Waals surface area (Å²) in [5.74, 6) is -0.492. The van der Waals surface area contributed by atoms with E-state index in [1.807, 2.05) is 0 Å². The molecular formula is C20H19FN2O2S. The number of carbonyl (C=O) groups is 1. The highest BCUT2D eigenvalue weighted by atomic mass is 32.1. The van der Waals surface area contributed by atoms with E-state index >= 15 is 0 Å². The van der Waals surface area contributed by atoms with Gasteiger partial charge in [-0.15, -0.1) is 17.9 Å². The fraction of sp³-hybridized carbons (Fsp3) is 0.200. The summed E-state index contributed by atoms with van der Waals surface area (Å²) in [5, 5.41) is 2.75. The molecule has 1 aromatic heterocycles. The van der Waals surface area contributed by atoms with Gasteiger partial charge in [0.1, 0.15) is 0 Å². The number of allylic oxidation sites excluding steroid dienone is 1. The number of aromatic nitrogens is 1. The molecule has 0 aliphatic carbocycles. The SMILES string of the molecule is C=CCCCOc1cccc(CNC(=O)c2ccc3ncsc3c2)c1F. The molecule has 1 amide bonds. The van der Waals surface area contributed by atoms with Crippen LogP contribution in [0.1, 0.15) is 28.8 Å². The second kappa shape index (κ2) is 8.58. The first-order valence-corrected chi connectivity index (χ1v) is 9.19. The highest BCUT2D eigenvalue weighted by Gasteiger charge is 2.12. The Hall–Kier alpha value is -2.73. The number of unbranched alkanes of at least 4 members (excludes halogenated alkanes) is 1. The molecule has 3 aromatic rings. The predicted molar refractivity (Wildman–Crippen MR) is 102 cm³/mol. The molecule has 4 nitrogen and oxygen atoms in total. The van der Waals surface area contributed by atoms with Crippen LogP contribution in [-0.4, -0.2) is 17.5 Å². The van der Waals surface area contributed by atoms with Gasteiger partial charge < -0.3 is 10.1 Å². The average molecular weight is 370 g/mol. The van der Waals surface area contributed by atoms with Gasteiger partial charge in [-0.2, -0.15) is 0 Å². The Morgan fingerprint density at radius 1 is 1.35 bits per heavy atom. The lowest BCUT2D eigenvalue weighted by molar-refractivity contribution is 0.0950. The van der Waals surface area contributed by atoms with Gasteiger partial charge in [0.25, 0.3) is 5.91 Å². The van der Waals surface area contributed by atoms with Gasteiger partial charge >= 0.3 is 0 Å². The molecule has 0 spiro atoms. The number of benzene rings is 2. The monoisotopic (exact) mass is 370 g/mol. The molecule has 3 rings (SSSR count). The van der Waals surface area contributed by atoms with E-state index < -0.39 is 5.82 Å². The summed E-state index contributed by atoms with van der Waals surface area (Å²) in [5.41, 5.74) is 3.51. The Balaban J connectivity index is 1.63. The van der Waals surface area contributed by atoms with Gasteiger partial charge in [0, 0.05) is 17.7 Å².